The van der Waals surface area contributed by atoms with Gasteiger partial charge in [0.15, 0.2) is 5.65 Å². The van der Waals surface area contributed by atoms with E-state index in [1.165, 1.54) is 18.9 Å². The van der Waals surface area contributed by atoms with Gasteiger partial charge in [-0.1, -0.05) is 26.7 Å². The van der Waals surface area contributed by atoms with Gasteiger partial charge in [-0.3, -0.25) is 4.79 Å². The van der Waals surface area contributed by atoms with Crippen LogP contribution in [0.25, 0.3) is 11.2 Å². The second-order valence-electron chi connectivity index (χ2n) is 8.72. The minimum atomic E-state index is -0.376. The second-order valence-corrected chi connectivity index (χ2v) is 9.57. The van der Waals surface area contributed by atoms with Crippen LogP contribution in [0.15, 0.2) is 41.0 Å². The first-order chi connectivity index (χ1) is 14.9. The molecule has 2 heterocycles. The number of benzene rings is 1. The molecule has 1 aliphatic carbocycles. The topological polar surface area (TPSA) is 51.0 Å². The zero-order valence-electron chi connectivity index (χ0n) is 18.0. The molecule has 0 aliphatic heterocycles. The molecule has 0 unspecified atom stereocenters. The van der Waals surface area contributed by atoms with Crippen molar-refractivity contribution in [2.24, 2.45) is 5.92 Å². The molecule has 7 heteroatoms. The van der Waals surface area contributed by atoms with Crippen LogP contribution >= 0.6 is 15.9 Å². The van der Waals surface area contributed by atoms with E-state index in [4.69, 9.17) is 4.98 Å². The maximum atomic E-state index is 13.7. The fourth-order valence-electron chi connectivity index (χ4n) is 4.28. The van der Waals surface area contributed by atoms with Crippen molar-refractivity contribution in [3.05, 3.63) is 58.2 Å². The Morgan fingerprint density at radius 3 is 2.77 bits per heavy atom. The molecular weight excluding hydrogens is 459 g/mol. The average molecular weight is 487 g/mol. The molecule has 164 valence electrons. The highest BCUT2D eigenvalue weighted by atomic mass is 79.9. The quantitative estimate of drug-likeness (QED) is 0.403. The van der Waals surface area contributed by atoms with Gasteiger partial charge in [-0.2, -0.15) is 0 Å². The third-order valence-electron chi connectivity index (χ3n) is 5.97. The van der Waals surface area contributed by atoms with Gasteiger partial charge in [-0.05, 0) is 71.4 Å². The van der Waals surface area contributed by atoms with Crippen LogP contribution in [0.3, 0.4) is 0 Å². The van der Waals surface area contributed by atoms with Crippen LogP contribution < -0.4 is 0 Å². The fourth-order valence-corrected chi connectivity index (χ4v) is 4.66. The highest BCUT2D eigenvalue weighted by Crippen LogP contribution is 2.33. The molecule has 5 nitrogen and oxygen atoms in total. The molecule has 1 amide bonds. The molecule has 1 saturated carbocycles. The van der Waals surface area contributed by atoms with E-state index in [9.17, 15) is 9.18 Å². The van der Waals surface area contributed by atoms with E-state index in [0.717, 1.165) is 36.3 Å². The van der Waals surface area contributed by atoms with Gasteiger partial charge >= 0.3 is 0 Å². The van der Waals surface area contributed by atoms with Gasteiger partial charge in [0.25, 0.3) is 5.91 Å². The summed E-state index contributed by atoms with van der Waals surface area (Å²) in [6.07, 6.45) is 7.32. The van der Waals surface area contributed by atoms with Crippen molar-refractivity contribution < 1.29 is 9.18 Å². The zero-order chi connectivity index (χ0) is 22.0. The zero-order valence-corrected chi connectivity index (χ0v) is 19.6. The number of amides is 1. The maximum Gasteiger partial charge on any atom is 0.254 e. The fraction of sp³-hybridized carbons (Fsp3) is 0.458. The van der Waals surface area contributed by atoms with Crippen molar-refractivity contribution in [3.8, 4) is 0 Å². The van der Waals surface area contributed by atoms with Crippen molar-refractivity contribution >= 4 is 33.0 Å². The molecule has 1 aliphatic rings. The van der Waals surface area contributed by atoms with Crippen LogP contribution in [0.2, 0.25) is 0 Å². The summed E-state index contributed by atoms with van der Waals surface area (Å²) in [6.45, 7) is 5.32. The lowest BCUT2D eigenvalue weighted by Gasteiger charge is -2.25. The molecule has 0 saturated heterocycles. The second kappa shape index (κ2) is 9.47. The molecule has 0 bridgehead atoms. The van der Waals surface area contributed by atoms with Crippen molar-refractivity contribution in [2.75, 3.05) is 6.54 Å². The van der Waals surface area contributed by atoms with E-state index in [1.54, 1.807) is 18.3 Å². The summed E-state index contributed by atoms with van der Waals surface area (Å²) >= 11 is 3.20. The molecule has 1 aromatic carbocycles. The predicted molar refractivity (Wildman–Crippen MR) is 123 cm³/mol. The standard InChI is InChI=1S/C24H28BrFN4O/c1-16(2)11-13-29(24(31)17-9-10-20(26)19(25)14-17)15-22-28-21-8-5-12-27-23(21)30(22)18-6-3-4-7-18/h5,8-10,12,14,16,18H,3-4,6-7,11,13,15H2,1-2H3. The normalized spacial score (nSPS) is 14.6. The molecule has 0 atom stereocenters. The highest BCUT2D eigenvalue weighted by molar-refractivity contribution is 9.10. The highest BCUT2D eigenvalue weighted by Gasteiger charge is 2.26. The number of imidazole rings is 1. The van der Waals surface area contributed by atoms with Crippen LogP contribution in [-0.2, 0) is 6.54 Å². The minimum Gasteiger partial charge on any atom is -0.331 e. The number of halogens is 2. The van der Waals surface area contributed by atoms with Crippen LogP contribution in [-0.4, -0.2) is 31.9 Å². The molecule has 0 N–H and O–H groups in total. The van der Waals surface area contributed by atoms with Crippen molar-refractivity contribution in [2.45, 2.75) is 58.5 Å². The Balaban J connectivity index is 1.69. The Labute approximate surface area is 190 Å². The van der Waals surface area contributed by atoms with Gasteiger partial charge in [0.2, 0.25) is 0 Å². The van der Waals surface area contributed by atoms with Crippen molar-refractivity contribution in [1.29, 1.82) is 0 Å². The van der Waals surface area contributed by atoms with Gasteiger partial charge in [-0.15, -0.1) is 0 Å². The summed E-state index contributed by atoms with van der Waals surface area (Å²) in [4.78, 5) is 24.7. The summed E-state index contributed by atoms with van der Waals surface area (Å²) in [5, 5.41) is 0. The summed E-state index contributed by atoms with van der Waals surface area (Å²) < 4.78 is 16.3. The third kappa shape index (κ3) is 4.81. The van der Waals surface area contributed by atoms with Crippen LogP contribution in [0.1, 0.15) is 68.2 Å². The van der Waals surface area contributed by atoms with Gasteiger partial charge < -0.3 is 9.47 Å². The SMILES string of the molecule is CC(C)CCN(Cc1nc2cccnc2n1C1CCCC1)C(=O)c1ccc(F)c(Br)c1. The molecular formula is C24H28BrFN4O. The van der Waals surface area contributed by atoms with E-state index < -0.39 is 0 Å². The summed E-state index contributed by atoms with van der Waals surface area (Å²) in [6, 6.07) is 8.69. The van der Waals surface area contributed by atoms with E-state index in [-0.39, 0.29) is 11.7 Å². The monoisotopic (exact) mass is 486 g/mol. The first kappa shape index (κ1) is 21.9. The molecule has 31 heavy (non-hydrogen) atoms. The van der Waals surface area contributed by atoms with Crippen LogP contribution in [0.4, 0.5) is 4.39 Å². The van der Waals surface area contributed by atoms with Crippen molar-refractivity contribution in [1.82, 2.24) is 19.4 Å². The smallest absolute Gasteiger partial charge is 0.254 e. The number of aromatic nitrogens is 3. The molecule has 2 aromatic heterocycles. The van der Waals surface area contributed by atoms with Gasteiger partial charge in [0.1, 0.15) is 17.2 Å². The van der Waals surface area contributed by atoms with Crippen LogP contribution in [0, 0.1) is 11.7 Å². The van der Waals surface area contributed by atoms with E-state index in [2.05, 4.69) is 39.3 Å². The Kier molecular flexibility index (Phi) is 6.70. The number of hydrogen-bond acceptors (Lipinski definition) is 3. The largest absolute Gasteiger partial charge is 0.331 e. The Bertz CT molecular complexity index is 1070. The van der Waals surface area contributed by atoms with Gasteiger partial charge in [-0.25, -0.2) is 14.4 Å². The van der Waals surface area contributed by atoms with E-state index in [1.807, 2.05) is 17.0 Å². The summed E-state index contributed by atoms with van der Waals surface area (Å²) in [5.74, 6) is 0.850. The molecule has 4 rings (SSSR count). The Morgan fingerprint density at radius 1 is 1.29 bits per heavy atom. The number of hydrogen-bond donors (Lipinski definition) is 0. The first-order valence-corrected chi connectivity index (χ1v) is 11.8. The Morgan fingerprint density at radius 2 is 2.06 bits per heavy atom. The molecule has 0 radical (unpaired) electrons. The van der Waals surface area contributed by atoms with E-state index in [0.29, 0.717) is 35.1 Å². The lowest BCUT2D eigenvalue weighted by atomic mass is 10.1. The number of carbonyl (C=O) groups is 1. The summed E-state index contributed by atoms with van der Waals surface area (Å²) in [7, 11) is 0. The number of fused-ring (bicyclic) bond motifs is 1. The van der Waals surface area contributed by atoms with Gasteiger partial charge in [0, 0.05) is 24.3 Å². The van der Waals surface area contributed by atoms with Gasteiger partial charge in [0.05, 0.1) is 11.0 Å². The molecule has 3 aromatic rings. The third-order valence-corrected chi connectivity index (χ3v) is 6.58. The predicted octanol–water partition coefficient (Wildman–Crippen LogP) is 6.14. The average Bonchev–Trinajstić information content (AvgIpc) is 3.39. The number of pyridine rings is 1. The lowest BCUT2D eigenvalue weighted by molar-refractivity contribution is 0.0728. The number of rotatable bonds is 7. The Hall–Kier alpha value is -2.28. The first-order valence-electron chi connectivity index (χ1n) is 11.0. The lowest BCUT2D eigenvalue weighted by Crippen LogP contribution is -2.33. The van der Waals surface area contributed by atoms with Crippen molar-refractivity contribution in [3.63, 3.8) is 0 Å². The minimum absolute atomic E-state index is 0.112. The summed E-state index contributed by atoms with van der Waals surface area (Å²) in [5.41, 5.74) is 2.23. The van der Waals surface area contributed by atoms with E-state index >= 15 is 0 Å². The molecule has 1 fully saturated rings. The number of nitrogens with zero attached hydrogens (tertiary/aromatic N) is 4. The maximum absolute atomic E-state index is 13.7. The molecule has 0 spiro atoms. The number of carbonyl (C=O) groups excluding carboxylic acids is 1. The van der Waals surface area contributed by atoms with Crippen LogP contribution in [0.5, 0.6) is 0 Å².